The van der Waals surface area contributed by atoms with Crippen molar-refractivity contribution < 1.29 is 4.74 Å². The zero-order chi connectivity index (χ0) is 13.8. The van der Waals surface area contributed by atoms with Gasteiger partial charge in [0.1, 0.15) is 5.75 Å². The summed E-state index contributed by atoms with van der Waals surface area (Å²) in [4.78, 5) is 2.56. The summed E-state index contributed by atoms with van der Waals surface area (Å²) in [6.07, 6.45) is 0. The molecular weight excluding hydrogens is 304 g/mol. The van der Waals surface area contributed by atoms with Gasteiger partial charge in [-0.05, 0) is 24.1 Å². The number of nitrogens with one attached hydrogen (secondary N) is 1. The van der Waals surface area contributed by atoms with Crippen molar-refractivity contribution in [2.24, 2.45) is 5.92 Å². The van der Waals surface area contributed by atoms with Crippen molar-refractivity contribution in [1.82, 2.24) is 10.2 Å². The van der Waals surface area contributed by atoms with Crippen LogP contribution in [0.5, 0.6) is 5.75 Å². The number of benzene rings is 1. The highest BCUT2D eigenvalue weighted by Crippen LogP contribution is 2.26. The Kier molecular flexibility index (Phi) is 5.25. The molecule has 1 aromatic rings. The van der Waals surface area contributed by atoms with Crippen molar-refractivity contribution in [3.05, 3.63) is 28.2 Å². The molecule has 0 saturated carbocycles. The first kappa shape index (κ1) is 14.8. The number of piperazine rings is 1. The van der Waals surface area contributed by atoms with Crippen molar-refractivity contribution in [1.29, 1.82) is 0 Å². The number of methoxy groups -OCH3 is 1. The van der Waals surface area contributed by atoms with Crippen LogP contribution in [0.1, 0.15) is 19.4 Å². The van der Waals surface area contributed by atoms with Gasteiger partial charge in [-0.25, -0.2) is 0 Å². The van der Waals surface area contributed by atoms with E-state index in [9.17, 15) is 0 Å². The topological polar surface area (TPSA) is 24.5 Å². The van der Waals surface area contributed by atoms with Gasteiger partial charge in [0.25, 0.3) is 0 Å². The Morgan fingerprint density at radius 2 is 2.26 bits per heavy atom. The van der Waals surface area contributed by atoms with E-state index < -0.39 is 0 Å². The molecule has 1 atom stereocenters. The van der Waals surface area contributed by atoms with Gasteiger partial charge >= 0.3 is 0 Å². The lowest BCUT2D eigenvalue weighted by atomic mass is 9.99. The Hall–Kier alpha value is -0.580. The third kappa shape index (κ3) is 3.71. The summed E-state index contributed by atoms with van der Waals surface area (Å²) in [5.41, 5.74) is 1.25. The summed E-state index contributed by atoms with van der Waals surface area (Å²) in [7, 11) is 1.74. The van der Waals surface area contributed by atoms with Gasteiger partial charge in [0, 0.05) is 42.3 Å². The second-order valence-electron chi connectivity index (χ2n) is 5.44. The summed E-state index contributed by atoms with van der Waals surface area (Å²) in [5.74, 6) is 1.63. The number of halogens is 1. The molecule has 2 rings (SSSR count). The fraction of sp³-hybridized carbons (Fsp3) is 0.600. The highest BCUT2D eigenvalue weighted by Gasteiger charge is 2.25. The fourth-order valence-corrected chi connectivity index (χ4v) is 3.12. The molecular formula is C15H23BrN2O. The van der Waals surface area contributed by atoms with Crippen LogP contribution in [0.3, 0.4) is 0 Å². The maximum Gasteiger partial charge on any atom is 0.123 e. The Bertz CT molecular complexity index is 423. The van der Waals surface area contributed by atoms with Gasteiger partial charge in [-0.1, -0.05) is 29.8 Å². The highest BCUT2D eigenvalue weighted by molar-refractivity contribution is 9.10. The number of nitrogens with zero attached hydrogens (tertiary/aromatic N) is 1. The molecule has 1 fully saturated rings. The molecule has 0 aliphatic carbocycles. The maximum atomic E-state index is 5.47. The molecule has 1 unspecified atom stereocenters. The van der Waals surface area contributed by atoms with Crippen LogP contribution in [0.15, 0.2) is 22.7 Å². The Morgan fingerprint density at radius 3 is 2.95 bits per heavy atom. The lowest BCUT2D eigenvalue weighted by Gasteiger charge is -2.38. The van der Waals surface area contributed by atoms with E-state index in [-0.39, 0.29) is 0 Å². The van der Waals surface area contributed by atoms with Crippen molar-refractivity contribution in [2.75, 3.05) is 26.7 Å². The van der Waals surface area contributed by atoms with Crippen LogP contribution in [0.2, 0.25) is 0 Å². The molecule has 1 heterocycles. The summed E-state index contributed by atoms with van der Waals surface area (Å²) < 4.78 is 6.59. The zero-order valence-corrected chi connectivity index (χ0v) is 13.5. The number of hydrogen-bond acceptors (Lipinski definition) is 3. The van der Waals surface area contributed by atoms with Crippen LogP contribution < -0.4 is 10.1 Å². The van der Waals surface area contributed by atoms with Crippen LogP contribution in [0.25, 0.3) is 0 Å². The average molecular weight is 327 g/mol. The first-order valence-electron chi connectivity index (χ1n) is 6.89. The minimum atomic E-state index is 0.595. The van der Waals surface area contributed by atoms with Gasteiger partial charge in [0.2, 0.25) is 0 Å². The summed E-state index contributed by atoms with van der Waals surface area (Å²) in [6.45, 7) is 8.78. The zero-order valence-electron chi connectivity index (χ0n) is 11.9. The van der Waals surface area contributed by atoms with Crippen LogP contribution in [0.4, 0.5) is 0 Å². The molecule has 3 nitrogen and oxygen atoms in total. The van der Waals surface area contributed by atoms with E-state index in [1.807, 2.05) is 12.1 Å². The molecule has 0 spiro atoms. The largest absolute Gasteiger partial charge is 0.496 e. The van der Waals surface area contributed by atoms with Gasteiger partial charge in [-0.15, -0.1) is 0 Å². The second-order valence-corrected chi connectivity index (χ2v) is 6.36. The molecule has 1 N–H and O–H groups in total. The molecule has 1 aliphatic heterocycles. The van der Waals surface area contributed by atoms with Crippen molar-refractivity contribution in [2.45, 2.75) is 26.4 Å². The van der Waals surface area contributed by atoms with E-state index in [2.05, 4.69) is 46.1 Å². The SMILES string of the molecule is COc1ccc(Br)cc1CN1CCNCC1C(C)C. The maximum absolute atomic E-state index is 5.47. The minimum Gasteiger partial charge on any atom is -0.496 e. The van der Waals surface area contributed by atoms with E-state index in [0.29, 0.717) is 12.0 Å². The molecule has 1 aromatic carbocycles. The van der Waals surface area contributed by atoms with E-state index >= 15 is 0 Å². The predicted molar refractivity (Wildman–Crippen MR) is 82.6 cm³/mol. The molecule has 4 heteroatoms. The first-order chi connectivity index (χ1) is 9.11. The molecule has 1 saturated heterocycles. The van der Waals surface area contributed by atoms with Gasteiger partial charge in [0.05, 0.1) is 7.11 Å². The number of rotatable bonds is 4. The smallest absolute Gasteiger partial charge is 0.123 e. The summed E-state index contributed by atoms with van der Waals surface area (Å²) >= 11 is 3.55. The molecule has 19 heavy (non-hydrogen) atoms. The van der Waals surface area contributed by atoms with Gasteiger partial charge in [-0.2, -0.15) is 0 Å². The molecule has 0 amide bonds. The normalized spacial score (nSPS) is 20.8. The quantitative estimate of drug-likeness (QED) is 0.920. The lowest BCUT2D eigenvalue weighted by Crippen LogP contribution is -2.52. The van der Waals surface area contributed by atoms with E-state index in [0.717, 1.165) is 36.4 Å². The van der Waals surface area contributed by atoms with Crippen molar-refractivity contribution in [3.63, 3.8) is 0 Å². The van der Waals surface area contributed by atoms with Crippen LogP contribution in [0, 0.1) is 5.92 Å². The molecule has 1 aliphatic rings. The summed E-state index contributed by atoms with van der Waals surface area (Å²) in [5, 5.41) is 3.49. The standard InChI is InChI=1S/C15H23BrN2O/c1-11(2)14-9-17-6-7-18(14)10-12-8-13(16)4-5-15(12)19-3/h4-5,8,11,14,17H,6-7,9-10H2,1-3H3. The Balaban J connectivity index is 2.16. The third-order valence-corrected chi connectivity index (χ3v) is 4.28. The van der Waals surface area contributed by atoms with E-state index in [1.165, 1.54) is 5.56 Å². The van der Waals surface area contributed by atoms with Gasteiger partial charge < -0.3 is 10.1 Å². The average Bonchev–Trinajstić information content (AvgIpc) is 2.39. The minimum absolute atomic E-state index is 0.595. The van der Waals surface area contributed by atoms with Crippen LogP contribution >= 0.6 is 15.9 Å². The predicted octanol–water partition coefficient (Wildman–Crippen LogP) is 2.89. The van der Waals surface area contributed by atoms with Crippen molar-refractivity contribution in [3.8, 4) is 5.75 Å². The Morgan fingerprint density at radius 1 is 1.47 bits per heavy atom. The first-order valence-corrected chi connectivity index (χ1v) is 7.68. The van der Waals surface area contributed by atoms with Gasteiger partial charge in [-0.3, -0.25) is 4.90 Å². The van der Waals surface area contributed by atoms with Gasteiger partial charge in [0.15, 0.2) is 0 Å². The Labute approximate surface area is 124 Å². The van der Waals surface area contributed by atoms with E-state index in [1.54, 1.807) is 7.11 Å². The second kappa shape index (κ2) is 6.73. The summed E-state index contributed by atoms with van der Waals surface area (Å²) in [6, 6.07) is 6.82. The molecule has 0 aromatic heterocycles. The third-order valence-electron chi connectivity index (χ3n) is 3.78. The van der Waals surface area contributed by atoms with Crippen LogP contribution in [-0.4, -0.2) is 37.7 Å². The van der Waals surface area contributed by atoms with Crippen molar-refractivity contribution >= 4 is 15.9 Å². The van der Waals surface area contributed by atoms with Crippen LogP contribution in [-0.2, 0) is 6.54 Å². The van der Waals surface area contributed by atoms with E-state index in [4.69, 9.17) is 4.74 Å². The lowest BCUT2D eigenvalue weighted by molar-refractivity contribution is 0.116. The fourth-order valence-electron chi connectivity index (χ4n) is 2.71. The monoisotopic (exact) mass is 326 g/mol. The number of ether oxygens (including phenoxy) is 1. The molecule has 0 radical (unpaired) electrons. The molecule has 0 bridgehead atoms. The number of hydrogen-bond donors (Lipinski definition) is 1. The molecule has 106 valence electrons. The highest BCUT2D eigenvalue weighted by atomic mass is 79.9.